The van der Waals surface area contributed by atoms with Crippen LogP contribution in [-0.4, -0.2) is 19.7 Å². The zero-order chi connectivity index (χ0) is 12.8. The van der Waals surface area contributed by atoms with E-state index in [0.29, 0.717) is 17.4 Å². The molecule has 1 fully saturated rings. The standard InChI is InChI=1S/C15H20FNO/c1-18-15-8-5-7-14(16)13(15)10-9-12-6-3-2-4-11-17-12/h5,7-10,12,17H,2-4,6,11H2,1H3/b10-9+. The maximum atomic E-state index is 13.7. The van der Waals surface area contributed by atoms with E-state index in [1.54, 1.807) is 19.2 Å². The lowest BCUT2D eigenvalue weighted by atomic mass is 10.1. The summed E-state index contributed by atoms with van der Waals surface area (Å²) in [6.07, 6.45) is 8.74. The van der Waals surface area contributed by atoms with Gasteiger partial charge in [0, 0.05) is 6.04 Å². The minimum absolute atomic E-state index is 0.237. The van der Waals surface area contributed by atoms with E-state index in [9.17, 15) is 4.39 Å². The van der Waals surface area contributed by atoms with E-state index >= 15 is 0 Å². The summed E-state index contributed by atoms with van der Waals surface area (Å²) >= 11 is 0. The van der Waals surface area contributed by atoms with Crippen LogP contribution in [0.15, 0.2) is 24.3 Å². The quantitative estimate of drug-likeness (QED) is 0.886. The number of rotatable bonds is 3. The zero-order valence-electron chi connectivity index (χ0n) is 10.8. The van der Waals surface area contributed by atoms with E-state index < -0.39 is 0 Å². The molecule has 1 N–H and O–H groups in total. The Morgan fingerprint density at radius 1 is 1.33 bits per heavy atom. The van der Waals surface area contributed by atoms with Crippen molar-refractivity contribution in [2.75, 3.05) is 13.7 Å². The van der Waals surface area contributed by atoms with Crippen LogP contribution in [0.1, 0.15) is 31.2 Å². The summed E-state index contributed by atoms with van der Waals surface area (Å²) < 4.78 is 18.9. The fourth-order valence-electron chi connectivity index (χ4n) is 2.29. The summed E-state index contributed by atoms with van der Waals surface area (Å²) in [6, 6.07) is 5.25. The summed E-state index contributed by atoms with van der Waals surface area (Å²) in [5, 5.41) is 3.46. The molecule has 1 aromatic carbocycles. The Hall–Kier alpha value is -1.35. The summed E-state index contributed by atoms with van der Waals surface area (Å²) in [6.45, 7) is 1.05. The first-order valence-electron chi connectivity index (χ1n) is 6.55. The number of methoxy groups -OCH3 is 1. The molecule has 0 aliphatic carbocycles. The maximum Gasteiger partial charge on any atom is 0.134 e. The molecular weight excluding hydrogens is 229 g/mol. The van der Waals surface area contributed by atoms with Gasteiger partial charge >= 0.3 is 0 Å². The van der Waals surface area contributed by atoms with Crippen molar-refractivity contribution in [1.29, 1.82) is 0 Å². The molecule has 98 valence electrons. The molecule has 1 aromatic rings. The normalized spacial score (nSPS) is 20.9. The van der Waals surface area contributed by atoms with E-state index in [0.717, 1.165) is 13.0 Å². The first kappa shape index (κ1) is 13.1. The van der Waals surface area contributed by atoms with Crippen molar-refractivity contribution in [3.63, 3.8) is 0 Å². The molecule has 0 aromatic heterocycles. The van der Waals surface area contributed by atoms with Gasteiger partial charge in [-0.15, -0.1) is 0 Å². The SMILES string of the molecule is COc1cccc(F)c1/C=C/C1CCCCCN1. The van der Waals surface area contributed by atoms with E-state index in [1.807, 2.05) is 12.2 Å². The largest absolute Gasteiger partial charge is 0.496 e. The number of benzene rings is 1. The third-order valence-electron chi connectivity index (χ3n) is 3.33. The minimum atomic E-state index is -0.237. The molecule has 2 rings (SSSR count). The van der Waals surface area contributed by atoms with E-state index in [-0.39, 0.29) is 5.82 Å². The minimum Gasteiger partial charge on any atom is -0.496 e. The summed E-state index contributed by atoms with van der Waals surface area (Å²) in [5.74, 6) is 0.346. The molecule has 1 unspecified atom stereocenters. The highest BCUT2D eigenvalue weighted by Gasteiger charge is 2.09. The Bertz CT molecular complexity index is 409. The third-order valence-corrected chi connectivity index (χ3v) is 3.33. The van der Waals surface area contributed by atoms with Crippen LogP contribution in [0.2, 0.25) is 0 Å². The van der Waals surface area contributed by atoms with Crippen molar-refractivity contribution in [3.8, 4) is 5.75 Å². The van der Waals surface area contributed by atoms with E-state index in [1.165, 1.54) is 25.3 Å². The fourth-order valence-corrected chi connectivity index (χ4v) is 2.29. The number of nitrogens with one attached hydrogen (secondary N) is 1. The Morgan fingerprint density at radius 2 is 2.22 bits per heavy atom. The lowest BCUT2D eigenvalue weighted by Crippen LogP contribution is -2.25. The van der Waals surface area contributed by atoms with Crippen molar-refractivity contribution in [1.82, 2.24) is 5.32 Å². The molecule has 1 aliphatic heterocycles. The van der Waals surface area contributed by atoms with Crippen LogP contribution in [-0.2, 0) is 0 Å². The second-order valence-corrected chi connectivity index (χ2v) is 4.62. The lowest BCUT2D eigenvalue weighted by Gasteiger charge is -2.11. The van der Waals surface area contributed by atoms with Crippen molar-refractivity contribution >= 4 is 6.08 Å². The summed E-state index contributed by atoms with van der Waals surface area (Å²) in [7, 11) is 1.57. The molecule has 18 heavy (non-hydrogen) atoms. The molecule has 0 spiro atoms. The average Bonchev–Trinajstić information content (AvgIpc) is 2.65. The predicted octanol–water partition coefficient (Wildman–Crippen LogP) is 3.38. The smallest absolute Gasteiger partial charge is 0.134 e. The first-order chi connectivity index (χ1) is 8.81. The highest BCUT2D eigenvalue weighted by Crippen LogP contribution is 2.23. The van der Waals surface area contributed by atoms with Crippen LogP contribution in [0.4, 0.5) is 4.39 Å². The van der Waals surface area contributed by atoms with Gasteiger partial charge in [-0.25, -0.2) is 4.39 Å². The predicted molar refractivity (Wildman–Crippen MR) is 72.2 cm³/mol. The van der Waals surface area contributed by atoms with Crippen LogP contribution in [0.25, 0.3) is 6.08 Å². The average molecular weight is 249 g/mol. The summed E-state index contributed by atoms with van der Waals surface area (Å²) in [5.41, 5.74) is 0.533. The monoisotopic (exact) mass is 249 g/mol. The Balaban J connectivity index is 2.12. The molecular formula is C15H20FNO. The summed E-state index contributed by atoms with van der Waals surface area (Å²) in [4.78, 5) is 0. The van der Waals surface area contributed by atoms with Crippen molar-refractivity contribution in [3.05, 3.63) is 35.7 Å². The van der Waals surface area contributed by atoms with Gasteiger partial charge in [-0.05, 0) is 31.5 Å². The third kappa shape index (κ3) is 3.33. The van der Waals surface area contributed by atoms with Crippen molar-refractivity contribution in [2.24, 2.45) is 0 Å². The molecule has 0 saturated carbocycles. The van der Waals surface area contributed by atoms with Gasteiger partial charge in [0.1, 0.15) is 11.6 Å². The highest BCUT2D eigenvalue weighted by atomic mass is 19.1. The van der Waals surface area contributed by atoms with Crippen molar-refractivity contribution in [2.45, 2.75) is 31.7 Å². The van der Waals surface area contributed by atoms with Gasteiger partial charge in [0.25, 0.3) is 0 Å². The molecule has 0 amide bonds. The molecule has 3 heteroatoms. The Morgan fingerprint density at radius 3 is 3.06 bits per heavy atom. The van der Waals surface area contributed by atoms with E-state index in [4.69, 9.17) is 4.74 Å². The Kier molecular flexibility index (Phi) is 4.76. The molecule has 1 saturated heterocycles. The molecule has 1 atom stereocenters. The van der Waals surface area contributed by atoms with Gasteiger partial charge in [-0.2, -0.15) is 0 Å². The zero-order valence-corrected chi connectivity index (χ0v) is 10.8. The molecule has 1 heterocycles. The molecule has 0 radical (unpaired) electrons. The lowest BCUT2D eigenvalue weighted by molar-refractivity contribution is 0.410. The van der Waals surface area contributed by atoms with Gasteiger partial charge < -0.3 is 10.1 Å². The topological polar surface area (TPSA) is 21.3 Å². The number of hydrogen-bond donors (Lipinski definition) is 1. The first-order valence-corrected chi connectivity index (χ1v) is 6.55. The second kappa shape index (κ2) is 6.55. The molecule has 0 bridgehead atoms. The van der Waals surface area contributed by atoms with Crippen LogP contribution in [0.5, 0.6) is 5.75 Å². The van der Waals surface area contributed by atoms with Gasteiger partial charge in [0.05, 0.1) is 12.7 Å². The number of ether oxygens (including phenoxy) is 1. The second-order valence-electron chi connectivity index (χ2n) is 4.62. The fraction of sp³-hybridized carbons (Fsp3) is 0.467. The Labute approximate surface area is 108 Å². The van der Waals surface area contributed by atoms with Gasteiger partial charge in [-0.3, -0.25) is 0 Å². The van der Waals surface area contributed by atoms with Crippen LogP contribution < -0.4 is 10.1 Å². The van der Waals surface area contributed by atoms with Gasteiger partial charge in [0.2, 0.25) is 0 Å². The number of hydrogen-bond acceptors (Lipinski definition) is 2. The highest BCUT2D eigenvalue weighted by molar-refractivity contribution is 5.58. The number of halogens is 1. The molecule has 1 aliphatic rings. The van der Waals surface area contributed by atoms with Crippen LogP contribution >= 0.6 is 0 Å². The van der Waals surface area contributed by atoms with Crippen LogP contribution in [0.3, 0.4) is 0 Å². The van der Waals surface area contributed by atoms with Gasteiger partial charge in [0.15, 0.2) is 0 Å². The molecule has 2 nitrogen and oxygen atoms in total. The van der Waals surface area contributed by atoms with Gasteiger partial charge in [-0.1, -0.05) is 31.1 Å². The maximum absolute atomic E-state index is 13.7. The van der Waals surface area contributed by atoms with Crippen molar-refractivity contribution < 1.29 is 9.13 Å². The van der Waals surface area contributed by atoms with Crippen LogP contribution in [0, 0.1) is 5.82 Å². The van der Waals surface area contributed by atoms with E-state index in [2.05, 4.69) is 5.32 Å².